The molecule has 2 heterocycles. The molecule has 2 aromatic rings. The quantitative estimate of drug-likeness (QED) is 0.637. The average Bonchev–Trinajstić information content (AvgIpc) is 3.21. The highest BCUT2D eigenvalue weighted by Gasteiger charge is 2.30. The Bertz CT molecular complexity index is 854. The first-order valence-corrected chi connectivity index (χ1v) is 9.18. The highest BCUT2D eigenvalue weighted by Crippen LogP contribution is 2.28. The van der Waals surface area contributed by atoms with E-state index in [1.54, 1.807) is 0 Å². The van der Waals surface area contributed by atoms with Crippen LogP contribution in [0.2, 0.25) is 0 Å². The summed E-state index contributed by atoms with van der Waals surface area (Å²) in [5, 5.41) is 17.4. The van der Waals surface area contributed by atoms with Gasteiger partial charge in [0.2, 0.25) is 5.88 Å². The second-order valence-electron chi connectivity index (χ2n) is 6.10. The van der Waals surface area contributed by atoms with Crippen LogP contribution in [0.5, 0.6) is 5.88 Å². The zero-order valence-electron chi connectivity index (χ0n) is 12.6. The molecule has 2 aromatic heterocycles. The predicted molar refractivity (Wildman–Crippen MR) is 96.9 cm³/mol. The third-order valence-corrected chi connectivity index (χ3v) is 5.82. The maximum absolute atomic E-state index is 12.8. The van der Waals surface area contributed by atoms with Gasteiger partial charge >= 0.3 is 0 Å². The minimum absolute atomic E-state index is 0.0973. The van der Waals surface area contributed by atoms with Gasteiger partial charge in [0.1, 0.15) is 3.70 Å². The minimum atomic E-state index is -0.545. The van der Waals surface area contributed by atoms with Crippen LogP contribution < -0.4 is 10.9 Å². The number of carbonyl (C=O) groups excluding carboxylic acids is 1. The second-order valence-corrected chi connectivity index (χ2v) is 7.91. The SMILES string of the molecule is CC(C)Cn1c(=O)c(C(=O)NC2CC2)c(O)n2nc(I)c(Br)c12. The van der Waals surface area contributed by atoms with E-state index >= 15 is 0 Å². The number of aromatic hydroxyl groups is 1. The molecule has 1 saturated carbocycles. The van der Waals surface area contributed by atoms with Crippen LogP contribution >= 0.6 is 38.5 Å². The summed E-state index contributed by atoms with van der Waals surface area (Å²) < 4.78 is 3.97. The molecular weight excluding hydrogens is 479 g/mol. The summed E-state index contributed by atoms with van der Waals surface area (Å²) in [5.74, 6) is -0.775. The molecule has 1 amide bonds. The topological polar surface area (TPSA) is 88.6 Å². The Morgan fingerprint density at radius 1 is 1.52 bits per heavy atom. The number of nitrogens with one attached hydrogen (secondary N) is 1. The van der Waals surface area contributed by atoms with E-state index in [1.165, 1.54) is 9.08 Å². The van der Waals surface area contributed by atoms with Crippen molar-refractivity contribution in [2.75, 3.05) is 0 Å². The Balaban J connectivity index is 2.27. The number of hydrogen-bond acceptors (Lipinski definition) is 4. The number of halogens is 2. The first kappa shape index (κ1) is 16.7. The summed E-state index contributed by atoms with van der Waals surface area (Å²) in [5.41, 5.74) is -0.302. The molecule has 7 nitrogen and oxygen atoms in total. The molecular formula is C14H16BrIN4O3. The first-order chi connectivity index (χ1) is 10.8. The van der Waals surface area contributed by atoms with Crippen molar-refractivity contribution in [1.82, 2.24) is 19.5 Å². The maximum atomic E-state index is 12.8. The third kappa shape index (κ3) is 3.00. The summed E-state index contributed by atoms with van der Waals surface area (Å²) in [6.45, 7) is 4.39. The van der Waals surface area contributed by atoms with Crippen molar-refractivity contribution in [3.8, 4) is 5.88 Å². The summed E-state index contributed by atoms with van der Waals surface area (Å²) >= 11 is 5.42. The van der Waals surface area contributed by atoms with Gasteiger partial charge in [0, 0.05) is 12.6 Å². The average molecular weight is 495 g/mol. The van der Waals surface area contributed by atoms with Crippen molar-refractivity contribution < 1.29 is 9.90 Å². The predicted octanol–water partition coefficient (Wildman–Crippen LogP) is 2.12. The molecule has 0 aromatic carbocycles. The van der Waals surface area contributed by atoms with Gasteiger partial charge in [0.25, 0.3) is 11.5 Å². The van der Waals surface area contributed by atoms with Gasteiger partial charge in [0.15, 0.2) is 11.2 Å². The van der Waals surface area contributed by atoms with Crippen molar-refractivity contribution in [1.29, 1.82) is 0 Å². The second kappa shape index (κ2) is 6.08. The fraction of sp³-hybridized carbons (Fsp3) is 0.500. The summed E-state index contributed by atoms with van der Waals surface area (Å²) in [6, 6.07) is 0.0973. The fourth-order valence-corrected chi connectivity index (χ4v) is 3.31. The van der Waals surface area contributed by atoms with Crippen LogP contribution in [0.15, 0.2) is 9.27 Å². The molecule has 0 radical (unpaired) electrons. The van der Waals surface area contributed by atoms with E-state index in [9.17, 15) is 14.7 Å². The minimum Gasteiger partial charge on any atom is -0.492 e. The standard InChI is InChI=1S/C14H16BrIN4O3/c1-6(2)5-19-12-9(15)10(16)18-20(12)14(23)8(13(19)22)11(21)17-7-3-4-7/h6-7,23H,3-5H2,1-2H3,(H,17,21). The largest absolute Gasteiger partial charge is 0.492 e. The number of amides is 1. The Morgan fingerprint density at radius 3 is 2.74 bits per heavy atom. The lowest BCUT2D eigenvalue weighted by Crippen LogP contribution is -2.36. The van der Waals surface area contributed by atoms with Gasteiger partial charge in [-0.3, -0.25) is 14.2 Å². The third-order valence-electron chi connectivity index (χ3n) is 3.59. The van der Waals surface area contributed by atoms with E-state index in [0.717, 1.165) is 12.8 Å². The smallest absolute Gasteiger partial charge is 0.270 e. The molecule has 1 aliphatic carbocycles. The summed E-state index contributed by atoms with van der Waals surface area (Å²) in [7, 11) is 0. The first-order valence-electron chi connectivity index (χ1n) is 7.31. The fourth-order valence-electron chi connectivity index (χ4n) is 2.40. The Labute approximate surface area is 154 Å². The molecule has 0 aliphatic heterocycles. The molecule has 1 fully saturated rings. The van der Waals surface area contributed by atoms with Gasteiger partial charge in [0.05, 0.1) is 4.47 Å². The van der Waals surface area contributed by atoms with Crippen LogP contribution in [0.4, 0.5) is 0 Å². The number of hydrogen-bond donors (Lipinski definition) is 2. The van der Waals surface area contributed by atoms with Crippen molar-refractivity contribution in [3.63, 3.8) is 0 Å². The molecule has 0 bridgehead atoms. The molecule has 1 aliphatic rings. The monoisotopic (exact) mass is 494 g/mol. The molecule has 9 heteroatoms. The molecule has 0 atom stereocenters. The summed E-state index contributed by atoms with van der Waals surface area (Å²) in [4.78, 5) is 25.2. The zero-order chi connectivity index (χ0) is 16.9. The zero-order valence-corrected chi connectivity index (χ0v) is 16.4. The molecule has 3 rings (SSSR count). The van der Waals surface area contributed by atoms with E-state index in [4.69, 9.17) is 0 Å². The van der Waals surface area contributed by atoms with Gasteiger partial charge < -0.3 is 10.4 Å². The van der Waals surface area contributed by atoms with Crippen LogP contribution in [0.25, 0.3) is 5.65 Å². The van der Waals surface area contributed by atoms with E-state index in [2.05, 4.69) is 26.3 Å². The van der Waals surface area contributed by atoms with Crippen LogP contribution in [0, 0.1) is 9.62 Å². The molecule has 0 spiro atoms. The Hall–Kier alpha value is -1.10. The maximum Gasteiger partial charge on any atom is 0.270 e. The van der Waals surface area contributed by atoms with Gasteiger partial charge in [-0.2, -0.15) is 9.61 Å². The highest BCUT2D eigenvalue weighted by molar-refractivity contribution is 14.1. The molecule has 124 valence electrons. The van der Waals surface area contributed by atoms with Crippen LogP contribution in [0.1, 0.15) is 37.0 Å². The van der Waals surface area contributed by atoms with Crippen LogP contribution in [-0.4, -0.2) is 31.2 Å². The number of rotatable bonds is 4. The molecule has 23 heavy (non-hydrogen) atoms. The van der Waals surface area contributed by atoms with Gasteiger partial charge in [-0.15, -0.1) is 0 Å². The number of nitrogens with zero attached hydrogens (tertiary/aromatic N) is 3. The van der Waals surface area contributed by atoms with E-state index in [1.807, 2.05) is 36.4 Å². The molecule has 2 N–H and O–H groups in total. The Morgan fingerprint density at radius 2 is 2.17 bits per heavy atom. The summed E-state index contributed by atoms with van der Waals surface area (Å²) in [6.07, 6.45) is 1.81. The normalized spacial score (nSPS) is 14.7. The highest BCUT2D eigenvalue weighted by atomic mass is 127. The number of carbonyl (C=O) groups is 1. The van der Waals surface area contributed by atoms with Gasteiger partial charge in [-0.1, -0.05) is 13.8 Å². The van der Waals surface area contributed by atoms with Crippen molar-refractivity contribution >= 4 is 50.1 Å². The number of fused-ring (bicyclic) bond motifs is 1. The number of aromatic nitrogens is 3. The van der Waals surface area contributed by atoms with Crippen molar-refractivity contribution in [2.45, 2.75) is 39.3 Å². The Kier molecular flexibility index (Phi) is 4.43. The molecule has 0 saturated heterocycles. The van der Waals surface area contributed by atoms with Crippen molar-refractivity contribution in [3.05, 3.63) is 24.1 Å². The van der Waals surface area contributed by atoms with Crippen molar-refractivity contribution in [2.24, 2.45) is 5.92 Å². The van der Waals surface area contributed by atoms with E-state index < -0.39 is 17.3 Å². The van der Waals surface area contributed by atoms with Gasteiger partial charge in [-0.05, 0) is 57.3 Å². The van der Waals surface area contributed by atoms with E-state index in [-0.39, 0.29) is 17.5 Å². The van der Waals surface area contributed by atoms with Crippen LogP contribution in [0.3, 0.4) is 0 Å². The lowest BCUT2D eigenvalue weighted by atomic mass is 10.2. The molecule has 0 unspecified atom stereocenters. The lowest BCUT2D eigenvalue weighted by Gasteiger charge is -2.14. The lowest BCUT2D eigenvalue weighted by molar-refractivity contribution is 0.0944. The van der Waals surface area contributed by atoms with E-state index in [0.29, 0.717) is 20.4 Å². The van der Waals surface area contributed by atoms with Crippen LogP contribution in [-0.2, 0) is 6.54 Å². The van der Waals surface area contributed by atoms with Gasteiger partial charge in [-0.25, -0.2) is 0 Å².